The lowest BCUT2D eigenvalue weighted by Crippen LogP contribution is -2.38. The van der Waals surface area contributed by atoms with E-state index in [0.29, 0.717) is 12.1 Å². The second-order valence-corrected chi connectivity index (χ2v) is 9.18. The average molecular weight is 648 g/mol. The van der Waals surface area contributed by atoms with E-state index in [9.17, 15) is 53.5 Å². The van der Waals surface area contributed by atoms with E-state index in [2.05, 4.69) is 0 Å². The van der Waals surface area contributed by atoms with Crippen LogP contribution in [0.25, 0.3) is 5.83 Å². The van der Waals surface area contributed by atoms with Gasteiger partial charge in [0, 0.05) is 12.0 Å². The number of carbonyl (C=O) groups is 2. The molecule has 2 aromatic carbocycles. The Morgan fingerprint density at radius 1 is 0.875 bits per heavy atom. The third kappa shape index (κ3) is 9.44. The third-order valence-electron chi connectivity index (χ3n) is 5.05. The normalized spacial score (nSPS) is 13.7. The molecular weight excluding hydrogens is 633 g/mol. The molecule has 0 saturated carbocycles. The molecule has 40 heavy (non-hydrogen) atoms. The highest BCUT2D eigenvalue weighted by molar-refractivity contribution is 6.48. The number of benzene rings is 2. The smallest absolute Gasteiger partial charge is 0.339 e. The zero-order valence-electron chi connectivity index (χ0n) is 19.4. The number of amides is 2. The molecule has 220 valence electrons. The molecule has 1 unspecified atom stereocenters. The fourth-order valence-corrected chi connectivity index (χ4v) is 3.78. The van der Waals surface area contributed by atoms with Gasteiger partial charge in [-0.1, -0.05) is 40.9 Å². The van der Waals surface area contributed by atoms with Gasteiger partial charge in [-0.2, -0.15) is 39.5 Å². The van der Waals surface area contributed by atoms with E-state index in [0.717, 1.165) is 12.1 Å². The summed E-state index contributed by atoms with van der Waals surface area (Å²) in [4.78, 5) is 23.6. The van der Waals surface area contributed by atoms with Crippen molar-refractivity contribution in [2.45, 2.75) is 37.3 Å². The van der Waals surface area contributed by atoms with Crippen LogP contribution < -0.4 is 10.6 Å². The molecule has 0 radical (unpaired) electrons. The molecule has 0 aliphatic rings. The number of alkyl halides is 9. The van der Waals surface area contributed by atoms with E-state index in [1.54, 1.807) is 0 Å². The molecule has 0 heterocycles. The van der Waals surface area contributed by atoms with Crippen molar-refractivity contribution in [3.63, 3.8) is 0 Å². The summed E-state index contributed by atoms with van der Waals surface area (Å²) >= 11 is 17.2. The lowest BCUT2D eigenvalue weighted by atomic mass is 9.95. The van der Waals surface area contributed by atoms with Crippen molar-refractivity contribution >= 4 is 52.4 Å². The molecule has 0 saturated heterocycles. The highest BCUT2D eigenvalue weighted by Crippen LogP contribution is 2.42. The van der Waals surface area contributed by atoms with Gasteiger partial charge in [-0.05, 0) is 35.9 Å². The van der Waals surface area contributed by atoms with Crippen LogP contribution in [0.4, 0.5) is 43.9 Å². The SMILES string of the molecule is O=C(CCC(F)(F)F)NCNC(=O)c1ccc(/C(F)=C/C(c2cc(Cl)c(Cl)c(Cl)c2)C(F)(F)F)cc1C(F)(F)F. The molecule has 4 nitrogen and oxygen atoms in total. The molecule has 2 N–H and O–H groups in total. The minimum absolute atomic E-state index is 0.0123. The van der Waals surface area contributed by atoms with Crippen LogP contribution in [0.1, 0.15) is 45.8 Å². The molecule has 2 amide bonds. The molecule has 0 bridgehead atoms. The Hall–Kier alpha value is -2.71. The van der Waals surface area contributed by atoms with Crippen molar-refractivity contribution in [2.75, 3.05) is 6.67 Å². The topological polar surface area (TPSA) is 58.2 Å². The van der Waals surface area contributed by atoms with Crippen LogP contribution in [0.15, 0.2) is 36.4 Å². The van der Waals surface area contributed by atoms with E-state index in [1.807, 2.05) is 10.6 Å². The van der Waals surface area contributed by atoms with Crippen LogP contribution in [0.3, 0.4) is 0 Å². The first-order valence-electron chi connectivity index (χ1n) is 10.6. The van der Waals surface area contributed by atoms with Gasteiger partial charge in [-0.3, -0.25) is 9.59 Å². The predicted octanol–water partition coefficient (Wildman–Crippen LogP) is 8.47. The largest absolute Gasteiger partial charge is 0.417 e. The molecule has 0 aliphatic heterocycles. The second kappa shape index (κ2) is 12.9. The number of carbonyl (C=O) groups excluding carboxylic acids is 2. The summed E-state index contributed by atoms with van der Waals surface area (Å²) in [7, 11) is 0. The number of allylic oxidation sites excluding steroid dienone is 1. The Morgan fingerprint density at radius 2 is 1.45 bits per heavy atom. The van der Waals surface area contributed by atoms with Crippen molar-refractivity contribution in [3.8, 4) is 0 Å². The molecular formula is C23H15Cl3F10N2O2. The van der Waals surface area contributed by atoms with Crippen molar-refractivity contribution in [3.05, 3.63) is 73.7 Å². The number of hydrogen-bond donors (Lipinski definition) is 2. The van der Waals surface area contributed by atoms with Crippen LogP contribution in [-0.2, 0) is 11.0 Å². The number of hydrogen-bond acceptors (Lipinski definition) is 2. The van der Waals surface area contributed by atoms with E-state index >= 15 is 0 Å². The number of rotatable bonds is 8. The van der Waals surface area contributed by atoms with Gasteiger partial charge in [-0.15, -0.1) is 0 Å². The van der Waals surface area contributed by atoms with Crippen molar-refractivity contribution in [1.82, 2.24) is 10.6 Å². The lowest BCUT2D eigenvalue weighted by Gasteiger charge is -2.19. The summed E-state index contributed by atoms with van der Waals surface area (Å²) in [6.07, 6.45) is -17.6. The van der Waals surface area contributed by atoms with Crippen LogP contribution in [0.2, 0.25) is 15.1 Å². The molecule has 2 aromatic rings. The Balaban J connectivity index is 2.34. The summed E-state index contributed by atoms with van der Waals surface area (Å²) in [5, 5.41) is 2.63. The van der Waals surface area contributed by atoms with E-state index in [4.69, 9.17) is 34.8 Å². The van der Waals surface area contributed by atoms with E-state index in [1.165, 1.54) is 0 Å². The van der Waals surface area contributed by atoms with Crippen LogP contribution in [0.5, 0.6) is 0 Å². The highest BCUT2D eigenvalue weighted by atomic mass is 35.5. The summed E-state index contributed by atoms with van der Waals surface area (Å²) in [6.45, 7) is -0.845. The van der Waals surface area contributed by atoms with Gasteiger partial charge in [0.1, 0.15) is 11.7 Å². The Kier molecular flexibility index (Phi) is 10.8. The molecule has 2 rings (SSSR count). The first-order chi connectivity index (χ1) is 18.2. The lowest BCUT2D eigenvalue weighted by molar-refractivity contribution is -0.144. The molecule has 0 aliphatic carbocycles. The van der Waals surface area contributed by atoms with Gasteiger partial charge in [0.05, 0.1) is 39.3 Å². The zero-order chi connectivity index (χ0) is 30.6. The molecule has 0 spiro atoms. The van der Waals surface area contributed by atoms with E-state index in [-0.39, 0.29) is 17.2 Å². The van der Waals surface area contributed by atoms with Crippen LogP contribution in [-0.4, -0.2) is 30.8 Å². The quantitative estimate of drug-likeness (QED) is 0.172. The summed E-state index contributed by atoms with van der Waals surface area (Å²) in [6, 6.07) is 2.69. The van der Waals surface area contributed by atoms with Gasteiger partial charge >= 0.3 is 18.5 Å². The summed E-state index contributed by atoms with van der Waals surface area (Å²) in [5.41, 5.74) is -4.47. The van der Waals surface area contributed by atoms with Crippen molar-refractivity contribution in [1.29, 1.82) is 0 Å². The number of nitrogens with one attached hydrogen (secondary N) is 2. The number of halogens is 13. The third-order valence-corrected chi connectivity index (χ3v) is 6.24. The van der Waals surface area contributed by atoms with Gasteiger partial charge in [0.2, 0.25) is 5.91 Å². The van der Waals surface area contributed by atoms with Crippen LogP contribution >= 0.6 is 34.8 Å². The highest BCUT2D eigenvalue weighted by Gasteiger charge is 2.41. The Morgan fingerprint density at radius 3 is 1.95 bits per heavy atom. The molecule has 1 atom stereocenters. The van der Waals surface area contributed by atoms with Crippen LogP contribution in [0, 0.1) is 0 Å². The molecule has 0 aromatic heterocycles. The van der Waals surface area contributed by atoms with E-state index < -0.39 is 93.9 Å². The maximum Gasteiger partial charge on any atom is 0.417 e. The summed E-state index contributed by atoms with van der Waals surface area (Å²) < 4.78 is 133. The van der Waals surface area contributed by atoms with Gasteiger partial charge in [0.25, 0.3) is 5.91 Å². The van der Waals surface area contributed by atoms with Gasteiger partial charge in [-0.25, -0.2) is 4.39 Å². The monoisotopic (exact) mass is 646 g/mol. The first kappa shape index (κ1) is 33.5. The fraction of sp³-hybridized carbons (Fsp3) is 0.304. The van der Waals surface area contributed by atoms with Crippen molar-refractivity contribution in [2.24, 2.45) is 0 Å². The Bertz CT molecular complexity index is 1270. The summed E-state index contributed by atoms with van der Waals surface area (Å²) in [5.74, 6) is -7.06. The predicted molar refractivity (Wildman–Crippen MR) is 127 cm³/mol. The van der Waals surface area contributed by atoms with Gasteiger partial charge < -0.3 is 10.6 Å². The van der Waals surface area contributed by atoms with Crippen molar-refractivity contribution < 1.29 is 53.5 Å². The average Bonchev–Trinajstić information content (AvgIpc) is 2.82. The first-order valence-corrected chi connectivity index (χ1v) is 11.8. The fourth-order valence-electron chi connectivity index (χ4n) is 3.16. The zero-order valence-corrected chi connectivity index (χ0v) is 21.7. The Labute approximate surface area is 234 Å². The second-order valence-electron chi connectivity index (χ2n) is 7.99. The molecule has 0 fully saturated rings. The minimum atomic E-state index is -5.29. The maximum absolute atomic E-state index is 14.9. The minimum Gasteiger partial charge on any atom is -0.339 e. The van der Waals surface area contributed by atoms with Gasteiger partial charge in [0.15, 0.2) is 0 Å². The molecule has 17 heteroatoms. The standard InChI is InChI=1S/C23H15Cl3F10N2O2/c24-15-6-11(7-16(25)19(15)26)13(22(31,32)33)8-17(27)10-1-2-12(14(5-10)23(34,35)36)20(40)38-9-37-18(39)3-4-21(28,29)30/h1-2,5-8,13H,3-4,9H2,(H,37,39)(H,38,40)/b17-8-. The maximum atomic E-state index is 14.9.